The van der Waals surface area contributed by atoms with Crippen molar-refractivity contribution in [3.8, 4) is 0 Å². The SMILES string of the molecule is CC(C)(C)[NH3+].COC(=O)CCP(=O)([O-])OC. The first kappa shape index (κ1) is 18.0. The van der Waals surface area contributed by atoms with Gasteiger partial charge in [0.05, 0.1) is 19.1 Å². The molecule has 1 atom stereocenters. The third kappa shape index (κ3) is 19.2. The Balaban J connectivity index is 0. The van der Waals surface area contributed by atoms with Crippen molar-refractivity contribution in [2.24, 2.45) is 0 Å². The zero-order valence-electron chi connectivity index (χ0n) is 10.6. The van der Waals surface area contributed by atoms with Crippen molar-refractivity contribution in [1.82, 2.24) is 0 Å². The van der Waals surface area contributed by atoms with Gasteiger partial charge in [0.15, 0.2) is 0 Å². The van der Waals surface area contributed by atoms with Crippen molar-refractivity contribution in [2.75, 3.05) is 20.4 Å². The van der Waals surface area contributed by atoms with Crippen molar-refractivity contribution in [2.45, 2.75) is 32.7 Å². The molecule has 7 heteroatoms. The Hall–Kier alpha value is -0.420. The van der Waals surface area contributed by atoms with Crippen LogP contribution in [0.5, 0.6) is 0 Å². The Morgan fingerprint density at radius 3 is 2.00 bits per heavy atom. The average Bonchev–Trinajstić information content (AvgIpc) is 2.12. The van der Waals surface area contributed by atoms with Crippen molar-refractivity contribution in [3.63, 3.8) is 0 Å². The van der Waals surface area contributed by atoms with E-state index in [1.807, 2.05) is 0 Å². The topological polar surface area (TPSA) is 103 Å². The molecule has 3 N–H and O–H groups in total. The van der Waals surface area contributed by atoms with E-state index in [-0.39, 0.29) is 18.1 Å². The van der Waals surface area contributed by atoms with E-state index < -0.39 is 13.6 Å². The second kappa shape index (κ2) is 7.79. The Morgan fingerprint density at radius 2 is 1.75 bits per heavy atom. The van der Waals surface area contributed by atoms with E-state index in [0.29, 0.717) is 0 Å². The number of hydrogen-bond acceptors (Lipinski definition) is 5. The highest BCUT2D eigenvalue weighted by atomic mass is 31.2. The van der Waals surface area contributed by atoms with Gasteiger partial charge in [-0.1, -0.05) is 0 Å². The number of quaternary nitrogens is 1. The molecule has 0 amide bonds. The van der Waals surface area contributed by atoms with Gasteiger partial charge in [0, 0.05) is 13.3 Å². The molecule has 0 aliphatic carbocycles. The molecule has 0 bridgehead atoms. The van der Waals surface area contributed by atoms with Crippen molar-refractivity contribution >= 4 is 13.6 Å². The molecule has 0 heterocycles. The van der Waals surface area contributed by atoms with Crippen LogP contribution in [0.25, 0.3) is 0 Å². The summed E-state index contributed by atoms with van der Waals surface area (Å²) in [6.07, 6.45) is -0.471. The summed E-state index contributed by atoms with van der Waals surface area (Å²) in [5, 5.41) is 0. The van der Waals surface area contributed by atoms with E-state index in [0.717, 1.165) is 7.11 Å². The molecule has 0 saturated heterocycles. The minimum atomic E-state index is -3.79. The highest BCUT2D eigenvalue weighted by Gasteiger charge is 2.09. The number of carbonyl (C=O) groups is 1. The van der Waals surface area contributed by atoms with Crippen molar-refractivity contribution in [3.05, 3.63) is 0 Å². The van der Waals surface area contributed by atoms with E-state index in [4.69, 9.17) is 0 Å². The standard InChI is InChI=1S/C5H11O5P.C4H11N/c1-9-5(6)3-4-11(7,8)10-2;1-4(2,3)5/h3-4H2,1-2H3,(H,7,8);5H2,1-3H3. The summed E-state index contributed by atoms with van der Waals surface area (Å²) in [4.78, 5) is 21.1. The van der Waals surface area contributed by atoms with E-state index in [2.05, 4.69) is 35.8 Å². The van der Waals surface area contributed by atoms with Gasteiger partial charge in [-0.3, -0.25) is 4.79 Å². The minimum Gasteiger partial charge on any atom is -0.778 e. The van der Waals surface area contributed by atoms with Crippen LogP contribution >= 0.6 is 7.60 Å². The van der Waals surface area contributed by atoms with Gasteiger partial charge in [-0.15, -0.1) is 0 Å². The molecule has 0 rings (SSSR count). The predicted molar refractivity (Wildman–Crippen MR) is 58.8 cm³/mol. The van der Waals surface area contributed by atoms with Gasteiger partial charge in [0.1, 0.15) is 7.60 Å². The Kier molecular flexibility index (Phi) is 8.74. The summed E-state index contributed by atoms with van der Waals surface area (Å²) in [5.41, 5.74) is 4.02. The molecule has 16 heavy (non-hydrogen) atoms. The first-order valence-corrected chi connectivity index (χ1v) is 6.52. The lowest BCUT2D eigenvalue weighted by Gasteiger charge is -2.19. The monoisotopic (exact) mass is 255 g/mol. The third-order valence-corrected chi connectivity index (χ3v) is 2.42. The second-order valence-electron chi connectivity index (χ2n) is 4.40. The zero-order valence-corrected chi connectivity index (χ0v) is 11.5. The molecule has 0 aliphatic rings. The van der Waals surface area contributed by atoms with Crippen LogP contribution < -0.4 is 10.6 Å². The molecule has 0 saturated carbocycles. The molecule has 6 nitrogen and oxygen atoms in total. The first-order chi connectivity index (χ1) is 7.02. The lowest BCUT2D eigenvalue weighted by Crippen LogP contribution is -2.67. The lowest BCUT2D eigenvalue weighted by atomic mass is 10.1. The molecule has 0 aromatic heterocycles. The number of rotatable bonds is 4. The highest BCUT2D eigenvalue weighted by Crippen LogP contribution is 2.35. The van der Waals surface area contributed by atoms with E-state index in [1.54, 1.807) is 0 Å². The van der Waals surface area contributed by atoms with Gasteiger partial charge in [0.25, 0.3) is 0 Å². The second-order valence-corrected chi connectivity index (χ2v) is 6.44. The van der Waals surface area contributed by atoms with Crippen LogP contribution in [0.3, 0.4) is 0 Å². The fourth-order valence-electron chi connectivity index (χ4n) is 0.422. The van der Waals surface area contributed by atoms with Gasteiger partial charge in [-0.2, -0.15) is 0 Å². The first-order valence-electron chi connectivity index (χ1n) is 4.80. The lowest BCUT2D eigenvalue weighted by molar-refractivity contribution is -0.458. The summed E-state index contributed by atoms with van der Waals surface area (Å²) in [6, 6.07) is 0. The van der Waals surface area contributed by atoms with Gasteiger partial charge in [-0.25, -0.2) is 0 Å². The summed E-state index contributed by atoms with van der Waals surface area (Å²) in [6.45, 7) is 6.23. The number of hydrogen-bond donors (Lipinski definition) is 1. The van der Waals surface area contributed by atoms with Crippen LogP contribution in [0.2, 0.25) is 0 Å². The minimum absolute atomic E-state index is 0.162. The van der Waals surface area contributed by atoms with Crippen LogP contribution in [0.1, 0.15) is 27.2 Å². The van der Waals surface area contributed by atoms with Crippen LogP contribution in [0, 0.1) is 0 Å². The largest absolute Gasteiger partial charge is 0.778 e. The highest BCUT2D eigenvalue weighted by molar-refractivity contribution is 7.51. The maximum Gasteiger partial charge on any atom is 0.306 e. The van der Waals surface area contributed by atoms with Crippen molar-refractivity contribution < 1.29 is 29.2 Å². The maximum atomic E-state index is 10.6. The van der Waals surface area contributed by atoms with Gasteiger partial charge in [-0.05, 0) is 20.8 Å². The van der Waals surface area contributed by atoms with Gasteiger partial charge >= 0.3 is 5.97 Å². The number of methoxy groups -OCH3 is 1. The molecule has 0 fully saturated rings. The molecule has 0 aromatic rings. The molecule has 0 aliphatic heterocycles. The van der Waals surface area contributed by atoms with Crippen LogP contribution in [-0.2, 0) is 18.6 Å². The Labute approximate surface area is 96.7 Å². The molecule has 0 spiro atoms. The van der Waals surface area contributed by atoms with E-state index in [1.165, 1.54) is 7.11 Å². The maximum absolute atomic E-state index is 10.6. The smallest absolute Gasteiger partial charge is 0.306 e. The summed E-state index contributed by atoms with van der Waals surface area (Å²) < 4.78 is 19.0. The number of carbonyl (C=O) groups excluding carboxylic acids is 1. The predicted octanol–water partition coefficient (Wildman–Crippen LogP) is -0.224. The Bertz CT molecular complexity index is 243. The van der Waals surface area contributed by atoms with E-state index >= 15 is 0 Å². The van der Waals surface area contributed by atoms with E-state index in [9.17, 15) is 14.3 Å². The average molecular weight is 255 g/mol. The quantitative estimate of drug-likeness (QED) is 0.552. The summed E-state index contributed by atoms with van der Waals surface area (Å²) >= 11 is 0. The van der Waals surface area contributed by atoms with Gasteiger partial charge in [0.2, 0.25) is 0 Å². The summed E-state index contributed by atoms with van der Waals surface area (Å²) in [7, 11) is -1.53. The zero-order chi connectivity index (χ0) is 13.4. The third-order valence-electron chi connectivity index (χ3n) is 1.10. The molecular weight excluding hydrogens is 233 g/mol. The fourth-order valence-corrected chi connectivity index (χ4v) is 1.06. The molecule has 0 aromatic carbocycles. The Morgan fingerprint density at radius 1 is 1.38 bits per heavy atom. The van der Waals surface area contributed by atoms with Crippen molar-refractivity contribution in [1.29, 1.82) is 0 Å². The number of esters is 1. The van der Waals surface area contributed by atoms with Crippen LogP contribution in [-0.4, -0.2) is 31.9 Å². The van der Waals surface area contributed by atoms with Crippen LogP contribution in [0.15, 0.2) is 0 Å². The van der Waals surface area contributed by atoms with Crippen LogP contribution in [0.4, 0.5) is 0 Å². The molecule has 0 radical (unpaired) electrons. The molecule has 1 unspecified atom stereocenters. The molecule has 98 valence electrons. The van der Waals surface area contributed by atoms with Gasteiger partial charge < -0.3 is 24.5 Å². The molecular formula is C9H22NO5P. The normalized spacial score (nSPS) is 14.4. The number of ether oxygens (including phenoxy) is 1. The fraction of sp³-hybridized carbons (Fsp3) is 0.889. The summed E-state index contributed by atoms with van der Waals surface area (Å²) in [5.74, 6) is -0.557.